The van der Waals surface area contributed by atoms with Crippen LogP contribution >= 0.6 is 0 Å². The van der Waals surface area contributed by atoms with Crippen LogP contribution in [0, 0.1) is 11.3 Å². The van der Waals surface area contributed by atoms with Crippen molar-refractivity contribution in [2.24, 2.45) is 17.1 Å². The lowest BCUT2D eigenvalue weighted by Crippen LogP contribution is -2.67. The van der Waals surface area contributed by atoms with E-state index in [1.165, 1.54) is 18.4 Å². The average Bonchev–Trinajstić information content (AvgIpc) is 3.79. The number of hydrogen-bond donors (Lipinski definition) is 4. The second kappa shape index (κ2) is 17.8. The lowest BCUT2D eigenvalue weighted by molar-refractivity contribution is -0.128. The largest absolute Gasteiger partial charge is 0.507 e. The second-order valence-corrected chi connectivity index (χ2v) is 15.9. The summed E-state index contributed by atoms with van der Waals surface area (Å²) in [5.41, 5.74) is 18.6. The second-order valence-electron chi connectivity index (χ2n) is 15.9. The van der Waals surface area contributed by atoms with Gasteiger partial charge in [0.05, 0.1) is 6.61 Å². The van der Waals surface area contributed by atoms with Crippen LogP contribution in [0.5, 0.6) is 5.75 Å². The van der Waals surface area contributed by atoms with Crippen LogP contribution in [0.15, 0.2) is 47.2 Å². The first-order valence-electron chi connectivity index (χ1n) is 20.4. The van der Waals surface area contributed by atoms with Gasteiger partial charge < -0.3 is 45.5 Å². The first kappa shape index (κ1) is 40.6. The van der Waals surface area contributed by atoms with Crippen molar-refractivity contribution in [2.75, 3.05) is 54.9 Å². The van der Waals surface area contributed by atoms with E-state index in [9.17, 15) is 9.90 Å². The quantitative estimate of drug-likeness (QED) is 0.123. The molecule has 8 rings (SSSR count). The normalized spacial score (nSPS) is 18.9. The fraction of sp³-hybridized carbons (Fsp3) is 0.535. The Morgan fingerprint density at radius 2 is 1.79 bits per heavy atom. The van der Waals surface area contributed by atoms with Crippen molar-refractivity contribution in [1.29, 1.82) is 0 Å². The number of ether oxygens (including phenoxy) is 1. The molecule has 56 heavy (non-hydrogen) atoms. The number of rotatable bonds is 10. The Kier molecular flexibility index (Phi) is 12.9. The van der Waals surface area contributed by atoms with Crippen molar-refractivity contribution in [1.82, 2.24) is 25.0 Å². The molecule has 0 amide bonds. The highest BCUT2D eigenvalue weighted by Gasteiger charge is 2.54. The minimum atomic E-state index is 0.145. The van der Waals surface area contributed by atoms with Gasteiger partial charge in [-0.15, -0.1) is 0 Å². The molecule has 1 atom stereocenters. The number of nitrogen functional groups attached to an aromatic ring is 1. The van der Waals surface area contributed by atoms with Gasteiger partial charge in [0, 0.05) is 96.5 Å². The average molecular weight is 768 g/mol. The lowest BCUT2D eigenvalue weighted by Gasteiger charge is -2.61. The number of anilines is 3. The molecule has 3 aliphatic heterocycles. The number of carbonyl (C=O) groups excluding carboxylic acids is 1. The number of para-hydroxylation sites is 1. The molecule has 4 aliphatic rings. The van der Waals surface area contributed by atoms with Gasteiger partial charge in [-0.3, -0.25) is 4.79 Å². The first-order valence-corrected chi connectivity index (χ1v) is 20.4. The molecule has 1 unspecified atom stereocenters. The van der Waals surface area contributed by atoms with E-state index in [0.29, 0.717) is 65.9 Å². The van der Waals surface area contributed by atoms with Gasteiger partial charge in [0.25, 0.3) is 6.47 Å². The zero-order valence-corrected chi connectivity index (χ0v) is 34.0. The monoisotopic (exact) mass is 767 g/mol. The van der Waals surface area contributed by atoms with Gasteiger partial charge in [-0.2, -0.15) is 0 Å². The summed E-state index contributed by atoms with van der Waals surface area (Å²) in [7, 11) is 0. The molecule has 302 valence electrons. The molecule has 3 fully saturated rings. The maximum atomic E-state index is 10.3. The number of H-pyrrole nitrogens is 1. The van der Waals surface area contributed by atoms with Gasteiger partial charge in [-0.05, 0) is 81.3 Å². The number of aromatic hydroxyl groups is 1. The zero-order valence-electron chi connectivity index (χ0n) is 34.0. The van der Waals surface area contributed by atoms with Gasteiger partial charge in [0.2, 0.25) is 5.95 Å². The fourth-order valence-electron chi connectivity index (χ4n) is 8.55. The van der Waals surface area contributed by atoms with E-state index in [0.717, 1.165) is 86.3 Å². The van der Waals surface area contributed by atoms with E-state index < -0.39 is 0 Å². The molecule has 6 N–H and O–H groups in total. The number of nitrogens with zero attached hydrogens (tertiary/aromatic N) is 6. The van der Waals surface area contributed by atoms with Crippen LogP contribution in [0.1, 0.15) is 113 Å². The molecule has 4 aromatic rings. The van der Waals surface area contributed by atoms with Crippen LogP contribution in [0.4, 0.5) is 17.6 Å². The first-order chi connectivity index (χ1) is 27.1. The van der Waals surface area contributed by atoms with E-state index in [1.807, 2.05) is 38.4 Å². The predicted molar refractivity (Wildman–Crippen MR) is 222 cm³/mol. The third kappa shape index (κ3) is 8.67. The molecule has 13 nitrogen and oxygen atoms in total. The van der Waals surface area contributed by atoms with Gasteiger partial charge in [0.15, 0.2) is 5.82 Å². The Bertz CT molecular complexity index is 1920. The summed E-state index contributed by atoms with van der Waals surface area (Å²) >= 11 is 0. The Hall–Kier alpha value is -5.04. The molecular formula is C43H61N9O4. The van der Waals surface area contributed by atoms with E-state index in [2.05, 4.69) is 56.4 Å². The summed E-state index contributed by atoms with van der Waals surface area (Å²) in [6, 6.07) is 9.93. The molecule has 0 bridgehead atoms. The van der Waals surface area contributed by atoms with Gasteiger partial charge >= 0.3 is 0 Å². The molecule has 3 aromatic heterocycles. The molecule has 0 radical (unpaired) electrons. The highest BCUT2D eigenvalue weighted by molar-refractivity contribution is 5.86. The number of nitrogens with two attached hydrogens (primary N) is 2. The Morgan fingerprint density at radius 1 is 1.09 bits per heavy atom. The maximum absolute atomic E-state index is 10.3. The van der Waals surface area contributed by atoms with Crippen molar-refractivity contribution >= 4 is 35.8 Å². The number of phenolic OH excluding ortho intramolecular Hbond substituents is 1. The predicted octanol–water partition coefficient (Wildman–Crippen LogP) is 6.91. The summed E-state index contributed by atoms with van der Waals surface area (Å²) in [5.74, 6) is 4.91. The lowest BCUT2D eigenvalue weighted by atomic mass is 9.60. The van der Waals surface area contributed by atoms with Crippen molar-refractivity contribution in [3.63, 3.8) is 0 Å². The van der Waals surface area contributed by atoms with Crippen LogP contribution in [0.2, 0.25) is 0 Å². The molecule has 6 heterocycles. The fourth-order valence-corrected chi connectivity index (χ4v) is 8.55. The van der Waals surface area contributed by atoms with Gasteiger partial charge in [0.1, 0.15) is 17.3 Å². The minimum absolute atomic E-state index is 0.145. The van der Waals surface area contributed by atoms with Crippen LogP contribution in [-0.2, 0) is 22.5 Å². The van der Waals surface area contributed by atoms with Crippen molar-refractivity contribution in [3.05, 3.63) is 76.4 Å². The third-order valence-electron chi connectivity index (χ3n) is 12.1. The Balaban J connectivity index is 0.000000706. The van der Waals surface area contributed by atoms with Crippen molar-refractivity contribution < 1.29 is 19.2 Å². The van der Waals surface area contributed by atoms with E-state index >= 15 is 0 Å². The van der Waals surface area contributed by atoms with E-state index in [4.69, 9.17) is 26.0 Å². The van der Waals surface area contributed by atoms with Crippen molar-refractivity contribution in [3.8, 4) is 5.75 Å². The number of phenols is 1. The number of nitrogens with one attached hydrogen (secondary N) is 1. The van der Waals surface area contributed by atoms with E-state index in [1.54, 1.807) is 25.1 Å². The summed E-state index contributed by atoms with van der Waals surface area (Å²) in [4.78, 5) is 29.5. The number of hydrogen-bond acceptors (Lipinski definition) is 12. The van der Waals surface area contributed by atoms with Crippen LogP contribution in [0.25, 0.3) is 11.8 Å². The number of carbonyl (C=O) groups is 1. The number of benzene rings is 1. The highest BCUT2D eigenvalue weighted by atomic mass is 16.5. The smallest absolute Gasteiger partial charge is 0.293 e. The Labute approximate surface area is 331 Å². The number of piperidine rings is 1. The molecule has 1 saturated carbocycles. The summed E-state index contributed by atoms with van der Waals surface area (Å²) in [6.07, 6.45) is 11.6. The molecule has 1 spiro atoms. The van der Waals surface area contributed by atoms with Gasteiger partial charge in [-0.25, -0.2) is 9.97 Å². The SMILES string of the molecule is CC.CC(C)C(C)c1cc(N2CC3(CC(N4CCC(c5cnc(N6CCc7[nH]c(N)c(/C=C(\N)c8ccccc8O)c7C6)nc5)CC4)C3)C2)no1.CCOC=O. The maximum Gasteiger partial charge on any atom is 0.293 e. The molecule has 13 heteroatoms. The number of aromatic nitrogens is 4. The highest BCUT2D eigenvalue weighted by Crippen LogP contribution is 2.52. The van der Waals surface area contributed by atoms with Crippen LogP contribution in [0.3, 0.4) is 0 Å². The molecule has 1 aromatic carbocycles. The number of fused-ring (bicyclic) bond motifs is 1. The number of aromatic amines is 1. The van der Waals surface area contributed by atoms with Gasteiger partial charge in [-0.1, -0.05) is 51.9 Å². The summed E-state index contributed by atoms with van der Waals surface area (Å²) < 4.78 is 9.83. The van der Waals surface area contributed by atoms with E-state index in [-0.39, 0.29) is 5.75 Å². The molecular weight excluding hydrogens is 707 g/mol. The number of likely N-dealkylation sites (tertiary alicyclic amines) is 1. The standard InChI is InChI=1S/C38H49N9O2.C3H6O2.C2H6/c1-23(2)24(3)34-15-35(44-49-34)47-21-38(22-47)16-27(17-38)45-11-8-25(9-12-45)26-18-41-37(42-19-26)46-13-10-32-30(20-46)29(36(40)43-32)14-31(39)28-6-4-5-7-33(28)48;1-2-5-3-4;1-2/h4-7,14-15,18-19,23-25,27,43,48H,8-13,16-17,20-22,39-40H2,1-3H3;3H,2H2,1H3;1-2H3/b31-14-;;. The van der Waals surface area contributed by atoms with Crippen LogP contribution < -0.4 is 21.3 Å². The summed E-state index contributed by atoms with van der Waals surface area (Å²) in [6.45, 7) is 19.3. The molecule has 1 aliphatic carbocycles. The van der Waals surface area contributed by atoms with Crippen molar-refractivity contribution in [2.45, 2.75) is 98.1 Å². The zero-order chi connectivity index (χ0) is 40.0. The third-order valence-corrected chi connectivity index (χ3v) is 12.1. The topological polar surface area (TPSA) is 176 Å². The summed E-state index contributed by atoms with van der Waals surface area (Å²) in [5, 5.41) is 14.7. The minimum Gasteiger partial charge on any atom is -0.507 e. The Morgan fingerprint density at radius 3 is 2.41 bits per heavy atom. The van der Waals surface area contributed by atoms with Crippen LogP contribution in [-0.4, -0.2) is 82.0 Å². The molecule has 2 saturated heterocycles.